The predicted octanol–water partition coefficient (Wildman–Crippen LogP) is 2.14. The maximum Gasteiger partial charge on any atom is 0.205 e. The van der Waals surface area contributed by atoms with E-state index in [9.17, 15) is 0 Å². The fourth-order valence-electron chi connectivity index (χ4n) is 1.41. The highest BCUT2D eigenvalue weighted by atomic mass is 32.1. The molecule has 4 heteroatoms. The molecule has 2 rings (SSSR count). The SMILES string of the molecule is CC(C)(Nc1nncs1)C1CC1. The monoisotopic (exact) mass is 183 g/mol. The Bertz CT molecular complexity index is 251. The van der Waals surface area contributed by atoms with Crippen LogP contribution in [-0.2, 0) is 0 Å². The van der Waals surface area contributed by atoms with Crippen LogP contribution in [0.15, 0.2) is 5.51 Å². The molecule has 0 amide bonds. The summed E-state index contributed by atoms with van der Waals surface area (Å²) in [5.74, 6) is 0.821. The van der Waals surface area contributed by atoms with Crippen molar-refractivity contribution in [2.24, 2.45) is 5.92 Å². The van der Waals surface area contributed by atoms with Gasteiger partial charge in [0.1, 0.15) is 5.51 Å². The van der Waals surface area contributed by atoms with Gasteiger partial charge < -0.3 is 5.32 Å². The second kappa shape index (κ2) is 2.69. The van der Waals surface area contributed by atoms with E-state index in [1.165, 1.54) is 12.8 Å². The molecule has 0 unspecified atom stereocenters. The molecule has 1 aliphatic rings. The average Bonchev–Trinajstić information content (AvgIpc) is 2.74. The molecule has 1 aliphatic carbocycles. The van der Waals surface area contributed by atoms with E-state index in [-0.39, 0.29) is 5.54 Å². The van der Waals surface area contributed by atoms with Gasteiger partial charge in [-0.3, -0.25) is 0 Å². The largest absolute Gasteiger partial charge is 0.355 e. The number of anilines is 1. The maximum absolute atomic E-state index is 3.97. The molecular formula is C8H13N3S. The Morgan fingerprint density at radius 3 is 2.83 bits per heavy atom. The summed E-state index contributed by atoms with van der Waals surface area (Å²) < 4.78 is 0. The minimum atomic E-state index is 0.194. The summed E-state index contributed by atoms with van der Waals surface area (Å²) >= 11 is 1.56. The molecule has 0 bridgehead atoms. The standard InChI is InChI=1S/C8H13N3S/c1-8(2,6-3-4-6)10-7-11-9-5-12-7/h5-6H,3-4H2,1-2H3,(H,10,11). The average molecular weight is 183 g/mol. The summed E-state index contributed by atoms with van der Waals surface area (Å²) in [4.78, 5) is 0. The number of aromatic nitrogens is 2. The van der Waals surface area contributed by atoms with Crippen LogP contribution in [0, 0.1) is 5.92 Å². The second-order valence-corrected chi connectivity index (χ2v) is 4.70. The second-order valence-electron chi connectivity index (χ2n) is 3.86. The first-order valence-electron chi connectivity index (χ1n) is 4.23. The van der Waals surface area contributed by atoms with Gasteiger partial charge in [0, 0.05) is 5.54 Å². The van der Waals surface area contributed by atoms with Gasteiger partial charge in [0.05, 0.1) is 0 Å². The van der Waals surface area contributed by atoms with Crippen molar-refractivity contribution in [2.75, 3.05) is 5.32 Å². The lowest BCUT2D eigenvalue weighted by atomic mass is 9.99. The Kier molecular flexibility index (Phi) is 1.79. The van der Waals surface area contributed by atoms with Crippen molar-refractivity contribution in [1.82, 2.24) is 10.2 Å². The summed E-state index contributed by atoms with van der Waals surface area (Å²) in [6.07, 6.45) is 2.69. The zero-order valence-corrected chi connectivity index (χ0v) is 8.19. The fraction of sp³-hybridized carbons (Fsp3) is 0.750. The highest BCUT2D eigenvalue weighted by molar-refractivity contribution is 7.13. The first kappa shape index (κ1) is 7.98. The van der Waals surface area contributed by atoms with Crippen LogP contribution in [0.25, 0.3) is 0 Å². The molecule has 0 radical (unpaired) electrons. The Balaban J connectivity index is 2.01. The molecular weight excluding hydrogens is 170 g/mol. The number of hydrogen-bond donors (Lipinski definition) is 1. The van der Waals surface area contributed by atoms with Gasteiger partial charge in [0.2, 0.25) is 5.13 Å². The molecule has 0 atom stereocenters. The minimum Gasteiger partial charge on any atom is -0.355 e. The molecule has 1 N–H and O–H groups in total. The zero-order chi connectivity index (χ0) is 8.60. The fourth-order valence-corrected chi connectivity index (χ4v) is 2.02. The Labute approximate surface area is 76.2 Å². The minimum absolute atomic E-state index is 0.194. The summed E-state index contributed by atoms with van der Waals surface area (Å²) in [6.45, 7) is 4.46. The smallest absolute Gasteiger partial charge is 0.205 e. The molecule has 1 saturated carbocycles. The van der Waals surface area contributed by atoms with E-state index in [0.29, 0.717) is 0 Å². The van der Waals surface area contributed by atoms with E-state index in [0.717, 1.165) is 11.0 Å². The summed E-state index contributed by atoms with van der Waals surface area (Å²) in [6, 6.07) is 0. The van der Waals surface area contributed by atoms with Gasteiger partial charge >= 0.3 is 0 Å². The molecule has 1 heterocycles. The summed E-state index contributed by atoms with van der Waals surface area (Å²) in [7, 11) is 0. The van der Waals surface area contributed by atoms with Gasteiger partial charge in [-0.15, -0.1) is 10.2 Å². The van der Waals surface area contributed by atoms with E-state index in [1.54, 1.807) is 16.8 Å². The van der Waals surface area contributed by atoms with Crippen LogP contribution in [-0.4, -0.2) is 15.7 Å². The van der Waals surface area contributed by atoms with Crippen LogP contribution in [0.5, 0.6) is 0 Å². The lowest BCUT2D eigenvalue weighted by Gasteiger charge is -2.25. The molecule has 1 aromatic rings. The number of hydrogen-bond acceptors (Lipinski definition) is 4. The topological polar surface area (TPSA) is 37.8 Å². The molecule has 0 aromatic carbocycles. The lowest BCUT2D eigenvalue weighted by molar-refractivity contribution is 0.493. The molecule has 66 valence electrons. The van der Waals surface area contributed by atoms with Crippen molar-refractivity contribution in [3.05, 3.63) is 5.51 Å². The van der Waals surface area contributed by atoms with Gasteiger partial charge in [0.25, 0.3) is 0 Å². The van der Waals surface area contributed by atoms with E-state index in [1.807, 2.05) is 0 Å². The Morgan fingerprint density at radius 1 is 1.58 bits per heavy atom. The predicted molar refractivity (Wildman–Crippen MR) is 50.3 cm³/mol. The highest BCUT2D eigenvalue weighted by Gasteiger charge is 2.38. The first-order valence-corrected chi connectivity index (χ1v) is 5.11. The van der Waals surface area contributed by atoms with Crippen LogP contribution >= 0.6 is 11.3 Å². The van der Waals surface area contributed by atoms with Crippen LogP contribution in [0.3, 0.4) is 0 Å². The first-order chi connectivity index (χ1) is 5.68. The Morgan fingerprint density at radius 2 is 2.33 bits per heavy atom. The zero-order valence-electron chi connectivity index (χ0n) is 7.37. The molecule has 3 nitrogen and oxygen atoms in total. The van der Waals surface area contributed by atoms with Gasteiger partial charge in [-0.05, 0) is 32.6 Å². The quantitative estimate of drug-likeness (QED) is 0.780. The third-order valence-corrected chi connectivity index (χ3v) is 2.99. The molecule has 12 heavy (non-hydrogen) atoms. The van der Waals surface area contributed by atoms with E-state index in [2.05, 4.69) is 29.4 Å². The molecule has 1 fully saturated rings. The van der Waals surface area contributed by atoms with Gasteiger partial charge in [-0.2, -0.15) is 0 Å². The van der Waals surface area contributed by atoms with E-state index >= 15 is 0 Å². The molecule has 0 saturated heterocycles. The number of rotatable bonds is 3. The van der Waals surface area contributed by atoms with Crippen LogP contribution in [0.2, 0.25) is 0 Å². The van der Waals surface area contributed by atoms with Crippen molar-refractivity contribution >= 4 is 16.5 Å². The number of nitrogens with zero attached hydrogens (tertiary/aromatic N) is 2. The Hall–Kier alpha value is -0.640. The maximum atomic E-state index is 3.97. The number of nitrogens with one attached hydrogen (secondary N) is 1. The van der Waals surface area contributed by atoms with Crippen LogP contribution < -0.4 is 5.32 Å². The third-order valence-electron chi connectivity index (χ3n) is 2.39. The van der Waals surface area contributed by atoms with Crippen molar-refractivity contribution in [1.29, 1.82) is 0 Å². The van der Waals surface area contributed by atoms with Crippen molar-refractivity contribution in [3.8, 4) is 0 Å². The highest BCUT2D eigenvalue weighted by Crippen LogP contribution is 2.41. The van der Waals surface area contributed by atoms with E-state index < -0.39 is 0 Å². The van der Waals surface area contributed by atoms with Crippen molar-refractivity contribution in [2.45, 2.75) is 32.2 Å². The molecule has 0 aliphatic heterocycles. The summed E-state index contributed by atoms with van der Waals surface area (Å²) in [5, 5.41) is 12.1. The van der Waals surface area contributed by atoms with Crippen molar-refractivity contribution in [3.63, 3.8) is 0 Å². The normalized spacial score (nSPS) is 17.8. The molecule has 1 aromatic heterocycles. The van der Waals surface area contributed by atoms with E-state index in [4.69, 9.17) is 0 Å². The molecule has 0 spiro atoms. The summed E-state index contributed by atoms with van der Waals surface area (Å²) in [5.41, 5.74) is 1.95. The van der Waals surface area contributed by atoms with Gasteiger partial charge in [-0.25, -0.2) is 0 Å². The third kappa shape index (κ3) is 1.58. The van der Waals surface area contributed by atoms with Gasteiger partial charge in [0.15, 0.2) is 0 Å². The van der Waals surface area contributed by atoms with Crippen LogP contribution in [0.4, 0.5) is 5.13 Å². The van der Waals surface area contributed by atoms with Crippen LogP contribution in [0.1, 0.15) is 26.7 Å². The lowest BCUT2D eigenvalue weighted by Crippen LogP contribution is -2.33. The van der Waals surface area contributed by atoms with Crippen molar-refractivity contribution < 1.29 is 0 Å². The van der Waals surface area contributed by atoms with Gasteiger partial charge in [-0.1, -0.05) is 11.3 Å².